The Labute approximate surface area is 94.0 Å². The molecule has 0 aliphatic rings. The SMILES string of the molecule is O=S(=O)(Cl)c1ccc(Cl)c(OC(F)F)c1. The normalized spacial score (nSPS) is 11.8. The van der Waals surface area contributed by atoms with Gasteiger partial charge in [-0.05, 0) is 12.1 Å². The van der Waals surface area contributed by atoms with Crippen LogP contribution in [-0.4, -0.2) is 15.0 Å². The van der Waals surface area contributed by atoms with Gasteiger partial charge in [-0.2, -0.15) is 8.78 Å². The van der Waals surface area contributed by atoms with E-state index in [1.54, 1.807) is 0 Å². The van der Waals surface area contributed by atoms with Crippen molar-refractivity contribution in [3.63, 3.8) is 0 Å². The zero-order valence-electron chi connectivity index (χ0n) is 6.95. The highest BCUT2D eigenvalue weighted by molar-refractivity contribution is 8.13. The van der Waals surface area contributed by atoms with Crippen LogP contribution in [0.25, 0.3) is 0 Å². The van der Waals surface area contributed by atoms with E-state index >= 15 is 0 Å². The van der Waals surface area contributed by atoms with E-state index in [-0.39, 0.29) is 9.92 Å². The summed E-state index contributed by atoms with van der Waals surface area (Å²) in [6, 6.07) is 3.02. The summed E-state index contributed by atoms with van der Waals surface area (Å²) in [5.41, 5.74) is 0. The first kappa shape index (κ1) is 12.5. The molecule has 0 fully saturated rings. The lowest BCUT2D eigenvalue weighted by Gasteiger charge is -2.07. The number of hydrogen-bond acceptors (Lipinski definition) is 3. The molecule has 1 aromatic rings. The molecule has 15 heavy (non-hydrogen) atoms. The smallest absolute Gasteiger partial charge is 0.387 e. The van der Waals surface area contributed by atoms with Crippen LogP contribution < -0.4 is 4.74 Å². The highest BCUT2D eigenvalue weighted by atomic mass is 35.7. The van der Waals surface area contributed by atoms with Gasteiger partial charge in [0, 0.05) is 16.7 Å². The van der Waals surface area contributed by atoms with Crippen LogP contribution >= 0.6 is 22.3 Å². The Morgan fingerprint density at radius 1 is 1.33 bits per heavy atom. The molecule has 0 radical (unpaired) electrons. The molecular weight excluding hydrogens is 273 g/mol. The molecule has 0 aliphatic carbocycles. The van der Waals surface area contributed by atoms with Gasteiger partial charge in [0.2, 0.25) is 0 Å². The standard InChI is InChI=1S/C7H4Cl2F2O3S/c8-5-2-1-4(15(9,12)13)3-6(5)14-7(10)11/h1-3,7H. The highest BCUT2D eigenvalue weighted by Crippen LogP contribution is 2.29. The second-order valence-corrected chi connectivity index (χ2v) is 5.38. The summed E-state index contributed by atoms with van der Waals surface area (Å²) in [5, 5.41) is -0.126. The number of hydrogen-bond donors (Lipinski definition) is 0. The van der Waals surface area contributed by atoms with Crippen LogP contribution in [0.1, 0.15) is 0 Å². The maximum atomic E-state index is 11.9. The van der Waals surface area contributed by atoms with E-state index in [0.29, 0.717) is 0 Å². The minimum absolute atomic E-state index is 0.126. The van der Waals surface area contributed by atoms with Gasteiger partial charge < -0.3 is 4.74 Å². The van der Waals surface area contributed by atoms with Crippen molar-refractivity contribution in [2.75, 3.05) is 0 Å². The third kappa shape index (κ3) is 3.48. The average Bonchev–Trinajstić information content (AvgIpc) is 2.06. The van der Waals surface area contributed by atoms with Crippen LogP contribution in [0, 0.1) is 0 Å². The van der Waals surface area contributed by atoms with Crippen LogP contribution in [0.4, 0.5) is 8.78 Å². The van der Waals surface area contributed by atoms with Crippen LogP contribution in [0.5, 0.6) is 5.75 Å². The monoisotopic (exact) mass is 276 g/mol. The van der Waals surface area contributed by atoms with Gasteiger partial charge in [0.1, 0.15) is 5.75 Å². The van der Waals surface area contributed by atoms with Gasteiger partial charge in [0.15, 0.2) is 0 Å². The Morgan fingerprint density at radius 3 is 2.40 bits per heavy atom. The maximum absolute atomic E-state index is 11.9. The zero-order valence-corrected chi connectivity index (χ0v) is 9.28. The van der Waals surface area contributed by atoms with Gasteiger partial charge in [-0.1, -0.05) is 11.6 Å². The van der Waals surface area contributed by atoms with E-state index in [1.165, 1.54) is 0 Å². The summed E-state index contributed by atoms with van der Waals surface area (Å²) in [6.07, 6.45) is 0. The summed E-state index contributed by atoms with van der Waals surface area (Å²) in [4.78, 5) is -0.357. The zero-order chi connectivity index (χ0) is 11.6. The van der Waals surface area contributed by atoms with E-state index < -0.39 is 21.4 Å². The van der Waals surface area contributed by atoms with Crippen molar-refractivity contribution in [3.05, 3.63) is 23.2 Å². The number of halogens is 4. The maximum Gasteiger partial charge on any atom is 0.387 e. The Bertz CT molecular complexity index is 461. The molecule has 0 aliphatic heterocycles. The summed E-state index contributed by atoms with van der Waals surface area (Å²) >= 11 is 5.49. The van der Waals surface area contributed by atoms with Crippen molar-refractivity contribution in [3.8, 4) is 5.75 Å². The third-order valence-electron chi connectivity index (χ3n) is 1.40. The van der Waals surface area contributed by atoms with E-state index in [2.05, 4.69) is 4.74 Å². The van der Waals surface area contributed by atoms with Gasteiger partial charge in [-0.25, -0.2) is 8.42 Å². The molecule has 0 spiro atoms. The molecule has 1 rings (SSSR count). The van der Waals surface area contributed by atoms with Gasteiger partial charge in [0.05, 0.1) is 9.92 Å². The van der Waals surface area contributed by atoms with Crippen molar-refractivity contribution in [2.45, 2.75) is 11.5 Å². The summed E-state index contributed by atoms with van der Waals surface area (Å²) in [7, 11) is 1.02. The van der Waals surface area contributed by atoms with E-state index in [0.717, 1.165) is 18.2 Å². The van der Waals surface area contributed by atoms with Crippen molar-refractivity contribution in [2.24, 2.45) is 0 Å². The fraction of sp³-hybridized carbons (Fsp3) is 0.143. The molecule has 3 nitrogen and oxygen atoms in total. The predicted molar refractivity (Wildman–Crippen MR) is 51.1 cm³/mol. The molecule has 0 aromatic heterocycles. The van der Waals surface area contributed by atoms with Crippen LogP contribution in [0.3, 0.4) is 0 Å². The van der Waals surface area contributed by atoms with Crippen molar-refractivity contribution in [1.29, 1.82) is 0 Å². The Hall–Kier alpha value is -0.590. The van der Waals surface area contributed by atoms with Gasteiger partial charge in [0.25, 0.3) is 9.05 Å². The fourth-order valence-electron chi connectivity index (χ4n) is 0.822. The van der Waals surface area contributed by atoms with E-state index in [1.807, 2.05) is 0 Å². The molecule has 0 saturated heterocycles. The molecular formula is C7H4Cl2F2O3S. The van der Waals surface area contributed by atoms with Crippen molar-refractivity contribution >= 4 is 31.3 Å². The lowest BCUT2D eigenvalue weighted by Crippen LogP contribution is -2.03. The second kappa shape index (κ2) is 4.51. The first-order chi connectivity index (χ1) is 6.80. The lowest BCUT2D eigenvalue weighted by atomic mass is 10.3. The molecule has 0 N–H and O–H groups in total. The Morgan fingerprint density at radius 2 is 1.93 bits per heavy atom. The van der Waals surface area contributed by atoms with Gasteiger partial charge >= 0.3 is 6.61 Å². The summed E-state index contributed by atoms with van der Waals surface area (Å²) in [5.74, 6) is -0.437. The highest BCUT2D eigenvalue weighted by Gasteiger charge is 2.15. The summed E-state index contributed by atoms with van der Waals surface area (Å²) < 4.78 is 49.4. The van der Waals surface area contributed by atoms with E-state index in [4.69, 9.17) is 22.3 Å². The van der Waals surface area contributed by atoms with E-state index in [9.17, 15) is 17.2 Å². The Balaban J connectivity index is 3.17. The van der Waals surface area contributed by atoms with Crippen LogP contribution in [0.2, 0.25) is 5.02 Å². The average molecular weight is 277 g/mol. The van der Waals surface area contributed by atoms with Crippen molar-refractivity contribution < 1.29 is 21.9 Å². The van der Waals surface area contributed by atoms with Crippen LogP contribution in [0.15, 0.2) is 23.1 Å². The number of benzene rings is 1. The minimum atomic E-state index is -3.99. The predicted octanol–water partition coefficient (Wildman–Crippen LogP) is 2.87. The molecule has 1 aromatic carbocycles. The summed E-state index contributed by atoms with van der Waals surface area (Å²) in [6.45, 7) is -3.09. The molecule has 8 heteroatoms. The number of rotatable bonds is 3. The van der Waals surface area contributed by atoms with Crippen molar-refractivity contribution in [1.82, 2.24) is 0 Å². The molecule has 84 valence electrons. The fourth-order valence-corrected chi connectivity index (χ4v) is 1.75. The third-order valence-corrected chi connectivity index (χ3v) is 3.06. The Kier molecular flexibility index (Phi) is 3.75. The number of alkyl halides is 2. The molecule has 0 atom stereocenters. The largest absolute Gasteiger partial charge is 0.433 e. The molecule has 0 saturated carbocycles. The molecule has 0 unspecified atom stereocenters. The second-order valence-electron chi connectivity index (χ2n) is 2.41. The minimum Gasteiger partial charge on any atom is -0.433 e. The van der Waals surface area contributed by atoms with Crippen LogP contribution in [-0.2, 0) is 9.05 Å². The van der Waals surface area contributed by atoms with Gasteiger partial charge in [-0.15, -0.1) is 0 Å². The topological polar surface area (TPSA) is 43.4 Å². The first-order valence-electron chi connectivity index (χ1n) is 3.50. The number of ether oxygens (including phenoxy) is 1. The molecule has 0 heterocycles. The molecule has 0 bridgehead atoms. The lowest BCUT2D eigenvalue weighted by molar-refractivity contribution is -0.0499. The first-order valence-corrected chi connectivity index (χ1v) is 6.18. The molecule has 0 amide bonds. The quantitative estimate of drug-likeness (QED) is 0.798. The van der Waals surface area contributed by atoms with Gasteiger partial charge in [-0.3, -0.25) is 0 Å².